The fourth-order valence-corrected chi connectivity index (χ4v) is 0.241. The number of phosphoric acid groups is 1. The van der Waals surface area contributed by atoms with Crippen molar-refractivity contribution in [3.05, 3.63) is 0 Å². The van der Waals surface area contributed by atoms with E-state index >= 15 is 0 Å². The normalized spacial score (nSPS) is 10.9. The number of hydrogen-bond donors (Lipinski definition) is 3. The lowest BCUT2D eigenvalue weighted by Crippen LogP contribution is -1.99. The highest BCUT2D eigenvalue weighted by atomic mass is 31.2. The lowest BCUT2D eigenvalue weighted by atomic mass is 11.5. The van der Waals surface area contributed by atoms with Crippen LogP contribution in [0, 0.1) is 0 Å². The van der Waals surface area contributed by atoms with E-state index in [-0.39, 0.29) is 0 Å². The van der Waals surface area contributed by atoms with Crippen molar-refractivity contribution in [2.75, 3.05) is 0 Å². The van der Waals surface area contributed by atoms with E-state index in [0.29, 0.717) is 0 Å². The Labute approximate surface area is 49.0 Å². The molecule has 54 valence electrons. The van der Waals surface area contributed by atoms with Crippen molar-refractivity contribution < 1.29 is 33.8 Å². The van der Waals surface area contributed by atoms with Crippen molar-refractivity contribution in [1.82, 2.24) is 0 Å². The quantitative estimate of drug-likeness (QED) is 0.287. The molecule has 7 nitrogen and oxygen atoms in total. The predicted octanol–water partition coefficient (Wildman–Crippen LogP) is -0.295. The van der Waals surface area contributed by atoms with Crippen LogP contribution in [0.15, 0.2) is 0 Å². The molecule has 0 rings (SSSR count). The standard InChI is InChI=1S/CH3O7P/c2-1(3)7-8-9(4,5)6/h(H,2,3)(H2,4,5,6). The van der Waals surface area contributed by atoms with Crippen LogP contribution in [0.5, 0.6) is 0 Å². The van der Waals surface area contributed by atoms with Gasteiger partial charge in [-0.1, -0.05) is 4.67 Å². The van der Waals surface area contributed by atoms with E-state index in [4.69, 9.17) is 14.9 Å². The maximum absolute atomic E-state index is 9.62. The summed E-state index contributed by atoms with van der Waals surface area (Å²) in [7, 11) is -4.82. The molecule has 0 aromatic heterocycles. The largest absolute Gasteiger partial charge is 0.538 e. The van der Waals surface area contributed by atoms with Crippen LogP contribution in [0.25, 0.3) is 0 Å². The molecule has 3 N–H and O–H groups in total. The van der Waals surface area contributed by atoms with Gasteiger partial charge in [0, 0.05) is 0 Å². The summed E-state index contributed by atoms with van der Waals surface area (Å²) in [6.45, 7) is 0. The third kappa shape index (κ3) is 7.38. The van der Waals surface area contributed by atoms with Crippen LogP contribution < -0.4 is 0 Å². The Morgan fingerprint density at radius 3 is 2.00 bits per heavy atom. The highest BCUT2D eigenvalue weighted by Gasteiger charge is 2.17. The van der Waals surface area contributed by atoms with E-state index in [1.807, 2.05) is 0 Å². The molecule has 0 atom stereocenters. The van der Waals surface area contributed by atoms with Gasteiger partial charge < -0.3 is 14.9 Å². The molecule has 0 aliphatic heterocycles. The molecule has 0 bridgehead atoms. The molecular formula is CH3O7P. The number of rotatable bonds is 2. The van der Waals surface area contributed by atoms with Gasteiger partial charge in [-0.3, -0.25) is 0 Å². The zero-order valence-electron chi connectivity index (χ0n) is 3.92. The zero-order valence-corrected chi connectivity index (χ0v) is 4.82. The summed E-state index contributed by atoms with van der Waals surface area (Å²) >= 11 is 0. The Morgan fingerprint density at radius 2 is 1.89 bits per heavy atom. The topological polar surface area (TPSA) is 113 Å². The first-order valence-electron chi connectivity index (χ1n) is 1.56. The molecule has 0 amide bonds. The van der Waals surface area contributed by atoms with Crippen LogP contribution in [0.4, 0.5) is 4.79 Å². The average molecular weight is 158 g/mol. The maximum Gasteiger partial charge on any atom is 0.538 e. The molecule has 0 unspecified atom stereocenters. The van der Waals surface area contributed by atoms with Gasteiger partial charge in [0.05, 0.1) is 0 Å². The molecule has 0 saturated carbocycles. The Balaban J connectivity index is 3.53. The molecular weight excluding hydrogens is 155 g/mol. The summed E-state index contributed by atoms with van der Waals surface area (Å²) < 4.78 is 12.7. The fraction of sp³-hybridized carbons (Fsp3) is 0. The predicted molar refractivity (Wildman–Crippen MR) is 22.2 cm³/mol. The van der Waals surface area contributed by atoms with Crippen LogP contribution in [0.1, 0.15) is 0 Å². The van der Waals surface area contributed by atoms with Crippen LogP contribution in [0.2, 0.25) is 0 Å². The highest BCUT2D eigenvalue weighted by molar-refractivity contribution is 7.46. The van der Waals surface area contributed by atoms with E-state index in [0.717, 1.165) is 0 Å². The van der Waals surface area contributed by atoms with Gasteiger partial charge in [-0.05, 0) is 0 Å². The Hall–Kier alpha value is -0.620. The second kappa shape index (κ2) is 2.79. The second-order valence-electron chi connectivity index (χ2n) is 0.914. The monoisotopic (exact) mass is 158 g/mol. The fourth-order valence-electron chi connectivity index (χ4n) is 0.0804. The zero-order chi connectivity index (χ0) is 7.49. The van der Waals surface area contributed by atoms with Crippen LogP contribution in [-0.4, -0.2) is 21.0 Å². The summed E-state index contributed by atoms with van der Waals surface area (Å²) in [5, 5.41) is 7.59. The van der Waals surface area contributed by atoms with Crippen LogP contribution in [-0.2, 0) is 14.1 Å². The Kier molecular flexibility index (Phi) is 2.60. The SMILES string of the molecule is O=C(O)OOP(=O)(O)O. The van der Waals surface area contributed by atoms with Crippen molar-refractivity contribution in [1.29, 1.82) is 0 Å². The van der Waals surface area contributed by atoms with Crippen molar-refractivity contribution >= 4 is 14.0 Å². The van der Waals surface area contributed by atoms with Gasteiger partial charge in [0.15, 0.2) is 0 Å². The van der Waals surface area contributed by atoms with Crippen molar-refractivity contribution in [3.63, 3.8) is 0 Å². The van der Waals surface area contributed by atoms with E-state index in [2.05, 4.69) is 9.56 Å². The Bertz CT molecular complexity index is 143. The van der Waals surface area contributed by atoms with Gasteiger partial charge in [0.1, 0.15) is 0 Å². The van der Waals surface area contributed by atoms with E-state index in [9.17, 15) is 9.36 Å². The first kappa shape index (κ1) is 8.38. The molecule has 0 radical (unpaired) electrons. The average Bonchev–Trinajstić information content (AvgIpc) is 1.59. The summed E-state index contributed by atoms with van der Waals surface area (Å²) in [5.41, 5.74) is 0. The van der Waals surface area contributed by atoms with Gasteiger partial charge in [-0.15, -0.1) is 0 Å². The molecule has 0 aliphatic carbocycles. The number of carboxylic acid groups (broad SMARTS) is 1. The minimum Gasteiger partial charge on any atom is -0.448 e. The summed E-state index contributed by atoms with van der Waals surface area (Å²) in [4.78, 5) is 27.9. The lowest BCUT2D eigenvalue weighted by Gasteiger charge is -1.98. The minimum atomic E-state index is -4.82. The van der Waals surface area contributed by atoms with Crippen LogP contribution >= 0.6 is 7.82 Å². The first-order valence-corrected chi connectivity index (χ1v) is 3.09. The Morgan fingerprint density at radius 1 is 1.44 bits per heavy atom. The van der Waals surface area contributed by atoms with E-state index in [1.165, 1.54) is 0 Å². The van der Waals surface area contributed by atoms with Gasteiger partial charge >= 0.3 is 14.0 Å². The van der Waals surface area contributed by atoms with E-state index in [1.54, 1.807) is 0 Å². The van der Waals surface area contributed by atoms with Gasteiger partial charge in [0.25, 0.3) is 0 Å². The minimum absolute atomic E-state index is 1.92. The van der Waals surface area contributed by atoms with Crippen molar-refractivity contribution in [2.24, 2.45) is 0 Å². The second-order valence-corrected chi connectivity index (χ2v) is 2.04. The number of hydrogen-bond acceptors (Lipinski definition) is 4. The molecule has 0 fully saturated rings. The third-order valence-corrected chi connectivity index (χ3v) is 0.474. The summed E-state index contributed by atoms with van der Waals surface area (Å²) in [6.07, 6.45) is -1.92. The lowest BCUT2D eigenvalue weighted by molar-refractivity contribution is -0.177. The molecule has 0 aromatic carbocycles. The van der Waals surface area contributed by atoms with Gasteiger partial charge in [-0.25, -0.2) is 14.2 Å². The summed E-state index contributed by atoms with van der Waals surface area (Å²) in [6, 6.07) is 0. The maximum atomic E-state index is 9.62. The highest BCUT2D eigenvalue weighted by Crippen LogP contribution is 2.35. The van der Waals surface area contributed by atoms with Crippen LogP contribution in [0.3, 0.4) is 0 Å². The molecule has 0 aliphatic rings. The summed E-state index contributed by atoms with van der Waals surface area (Å²) in [5.74, 6) is 0. The molecule has 9 heavy (non-hydrogen) atoms. The molecule has 0 saturated heterocycles. The van der Waals surface area contributed by atoms with Crippen molar-refractivity contribution in [3.8, 4) is 0 Å². The van der Waals surface area contributed by atoms with E-state index < -0.39 is 14.0 Å². The van der Waals surface area contributed by atoms with Gasteiger partial charge in [0.2, 0.25) is 0 Å². The smallest absolute Gasteiger partial charge is 0.448 e. The molecule has 0 spiro atoms. The van der Waals surface area contributed by atoms with Crippen molar-refractivity contribution in [2.45, 2.75) is 0 Å². The molecule has 0 heterocycles. The molecule has 8 heteroatoms. The van der Waals surface area contributed by atoms with Gasteiger partial charge in [-0.2, -0.15) is 0 Å². The molecule has 0 aromatic rings. The third-order valence-electron chi connectivity index (χ3n) is 0.206. The number of carbonyl (C=O) groups is 1. The first-order chi connectivity index (χ1) is 3.92.